The molecule has 1 saturated carbocycles. The molecule has 3 atom stereocenters. The standard InChI is InChI=1S/C17H23N3O2/c21-17(19-14-2-1-6-18-9-14)15-8-13-5-7-20(10-12-3-4-12)11-16(13)22-15/h1-2,6,9,12-13,15-16H,3-5,7-8,10-11H2,(H,19,21)/t13-,15-,16+/m0/s1. The summed E-state index contributed by atoms with van der Waals surface area (Å²) in [4.78, 5) is 18.9. The number of piperidine rings is 1. The fourth-order valence-corrected chi connectivity index (χ4v) is 3.65. The molecule has 0 unspecified atom stereocenters. The number of aromatic nitrogens is 1. The van der Waals surface area contributed by atoms with Crippen molar-refractivity contribution in [1.82, 2.24) is 9.88 Å². The Morgan fingerprint density at radius 1 is 1.41 bits per heavy atom. The number of nitrogens with zero attached hydrogens (tertiary/aromatic N) is 2. The predicted molar refractivity (Wildman–Crippen MR) is 83.4 cm³/mol. The van der Waals surface area contributed by atoms with E-state index in [0.717, 1.165) is 37.5 Å². The Labute approximate surface area is 131 Å². The number of carbonyl (C=O) groups excluding carboxylic acids is 1. The smallest absolute Gasteiger partial charge is 0.253 e. The first kappa shape index (κ1) is 14.2. The Bertz CT molecular complexity index is 532. The van der Waals surface area contributed by atoms with Gasteiger partial charge in [-0.3, -0.25) is 9.78 Å². The van der Waals surface area contributed by atoms with Crippen LogP contribution < -0.4 is 5.32 Å². The van der Waals surface area contributed by atoms with Crippen LogP contribution in [0.3, 0.4) is 0 Å². The van der Waals surface area contributed by atoms with Crippen LogP contribution in [0.5, 0.6) is 0 Å². The highest BCUT2D eigenvalue weighted by Crippen LogP contribution is 2.36. The number of amides is 1. The molecule has 3 aliphatic rings. The highest BCUT2D eigenvalue weighted by molar-refractivity contribution is 5.94. The van der Waals surface area contributed by atoms with E-state index >= 15 is 0 Å². The van der Waals surface area contributed by atoms with E-state index in [-0.39, 0.29) is 18.1 Å². The maximum Gasteiger partial charge on any atom is 0.253 e. The summed E-state index contributed by atoms with van der Waals surface area (Å²) in [5.74, 6) is 1.43. The minimum atomic E-state index is -0.309. The lowest BCUT2D eigenvalue weighted by Gasteiger charge is -2.34. The van der Waals surface area contributed by atoms with Gasteiger partial charge in [-0.05, 0) is 56.2 Å². The van der Waals surface area contributed by atoms with Gasteiger partial charge in [0, 0.05) is 19.3 Å². The third-order valence-electron chi connectivity index (χ3n) is 5.07. The third-order valence-corrected chi connectivity index (χ3v) is 5.07. The second-order valence-corrected chi connectivity index (χ2v) is 6.88. The van der Waals surface area contributed by atoms with Crippen molar-refractivity contribution in [3.63, 3.8) is 0 Å². The van der Waals surface area contributed by atoms with Gasteiger partial charge in [-0.2, -0.15) is 0 Å². The quantitative estimate of drug-likeness (QED) is 0.923. The van der Waals surface area contributed by atoms with E-state index in [1.54, 1.807) is 12.4 Å². The Morgan fingerprint density at radius 3 is 3.09 bits per heavy atom. The summed E-state index contributed by atoms with van der Waals surface area (Å²) in [6.45, 7) is 3.38. The summed E-state index contributed by atoms with van der Waals surface area (Å²) in [6, 6.07) is 3.67. The summed E-state index contributed by atoms with van der Waals surface area (Å²) < 4.78 is 6.06. The van der Waals surface area contributed by atoms with Crippen molar-refractivity contribution < 1.29 is 9.53 Å². The molecular weight excluding hydrogens is 278 g/mol. The largest absolute Gasteiger partial charge is 0.364 e. The number of nitrogens with one attached hydrogen (secondary N) is 1. The first-order chi connectivity index (χ1) is 10.8. The Morgan fingerprint density at radius 2 is 2.32 bits per heavy atom. The van der Waals surface area contributed by atoms with Crippen molar-refractivity contribution in [3.05, 3.63) is 24.5 Å². The normalized spacial score (nSPS) is 31.7. The number of ether oxygens (including phenoxy) is 1. The third kappa shape index (κ3) is 3.15. The first-order valence-corrected chi connectivity index (χ1v) is 8.36. The zero-order chi connectivity index (χ0) is 14.9. The minimum Gasteiger partial charge on any atom is -0.364 e. The van der Waals surface area contributed by atoms with Gasteiger partial charge in [0.15, 0.2) is 0 Å². The molecule has 1 aromatic heterocycles. The lowest BCUT2D eigenvalue weighted by Crippen LogP contribution is -2.43. The van der Waals surface area contributed by atoms with Crippen LogP contribution in [0.2, 0.25) is 0 Å². The zero-order valence-electron chi connectivity index (χ0n) is 12.8. The molecule has 2 saturated heterocycles. The summed E-state index contributed by atoms with van der Waals surface area (Å²) in [5.41, 5.74) is 0.737. The molecule has 22 heavy (non-hydrogen) atoms. The Balaban J connectivity index is 1.32. The SMILES string of the molecule is O=C(Nc1cccnc1)[C@@H]1C[C@@H]2CCN(CC3CC3)C[C@H]2O1. The zero-order valence-corrected chi connectivity index (χ0v) is 12.8. The first-order valence-electron chi connectivity index (χ1n) is 8.36. The molecule has 2 aliphatic heterocycles. The minimum absolute atomic E-state index is 0.0313. The van der Waals surface area contributed by atoms with Gasteiger partial charge < -0.3 is 15.0 Å². The van der Waals surface area contributed by atoms with Crippen molar-refractivity contribution >= 4 is 11.6 Å². The van der Waals surface area contributed by atoms with Gasteiger partial charge >= 0.3 is 0 Å². The number of likely N-dealkylation sites (tertiary alicyclic amines) is 1. The van der Waals surface area contributed by atoms with Crippen molar-refractivity contribution in [2.75, 3.05) is 25.0 Å². The lowest BCUT2D eigenvalue weighted by molar-refractivity contribution is -0.127. The van der Waals surface area contributed by atoms with Crippen LogP contribution in [0, 0.1) is 11.8 Å². The van der Waals surface area contributed by atoms with Crippen molar-refractivity contribution in [2.45, 2.75) is 37.9 Å². The van der Waals surface area contributed by atoms with Crippen LogP contribution in [0.15, 0.2) is 24.5 Å². The lowest BCUT2D eigenvalue weighted by atomic mass is 9.91. The number of anilines is 1. The molecule has 0 radical (unpaired) electrons. The summed E-state index contributed by atoms with van der Waals surface area (Å²) >= 11 is 0. The molecule has 1 aliphatic carbocycles. The van der Waals surface area contributed by atoms with Crippen LogP contribution in [-0.2, 0) is 9.53 Å². The number of pyridine rings is 1. The monoisotopic (exact) mass is 301 g/mol. The van der Waals surface area contributed by atoms with Gasteiger partial charge in [-0.1, -0.05) is 0 Å². The molecule has 1 aromatic rings. The van der Waals surface area contributed by atoms with Gasteiger partial charge in [-0.25, -0.2) is 0 Å². The highest BCUT2D eigenvalue weighted by Gasteiger charge is 2.42. The van der Waals surface area contributed by atoms with Gasteiger partial charge in [-0.15, -0.1) is 0 Å². The van der Waals surface area contributed by atoms with E-state index < -0.39 is 0 Å². The van der Waals surface area contributed by atoms with Crippen LogP contribution in [0.25, 0.3) is 0 Å². The van der Waals surface area contributed by atoms with Crippen LogP contribution in [0.4, 0.5) is 5.69 Å². The van der Waals surface area contributed by atoms with E-state index in [1.165, 1.54) is 19.4 Å². The molecular formula is C17H23N3O2. The van der Waals surface area contributed by atoms with E-state index in [0.29, 0.717) is 5.92 Å². The second kappa shape index (κ2) is 5.97. The van der Waals surface area contributed by atoms with Crippen molar-refractivity contribution in [2.24, 2.45) is 11.8 Å². The molecule has 0 aromatic carbocycles. The molecule has 118 valence electrons. The number of fused-ring (bicyclic) bond motifs is 1. The molecule has 3 heterocycles. The van der Waals surface area contributed by atoms with E-state index in [9.17, 15) is 4.79 Å². The maximum atomic E-state index is 12.3. The van der Waals surface area contributed by atoms with Crippen LogP contribution >= 0.6 is 0 Å². The molecule has 5 nitrogen and oxygen atoms in total. The average molecular weight is 301 g/mol. The number of hydrogen-bond donors (Lipinski definition) is 1. The average Bonchev–Trinajstić information content (AvgIpc) is 3.24. The fraction of sp³-hybridized carbons (Fsp3) is 0.647. The molecule has 0 spiro atoms. The number of hydrogen-bond acceptors (Lipinski definition) is 4. The number of rotatable bonds is 4. The molecule has 1 amide bonds. The van der Waals surface area contributed by atoms with E-state index in [4.69, 9.17) is 4.74 Å². The van der Waals surface area contributed by atoms with Gasteiger partial charge in [0.25, 0.3) is 5.91 Å². The fourth-order valence-electron chi connectivity index (χ4n) is 3.65. The summed E-state index contributed by atoms with van der Waals surface area (Å²) in [6.07, 6.45) is 8.08. The van der Waals surface area contributed by atoms with Gasteiger partial charge in [0.2, 0.25) is 0 Å². The van der Waals surface area contributed by atoms with Gasteiger partial charge in [0.1, 0.15) is 6.10 Å². The molecule has 3 fully saturated rings. The van der Waals surface area contributed by atoms with Crippen LogP contribution in [-0.4, -0.2) is 47.6 Å². The van der Waals surface area contributed by atoms with Crippen LogP contribution in [0.1, 0.15) is 25.7 Å². The van der Waals surface area contributed by atoms with Gasteiger partial charge in [0.05, 0.1) is 18.0 Å². The predicted octanol–water partition coefficient (Wildman–Crippen LogP) is 1.91. The maximum absolute atomic E-state index is 12.3. The van der Waals surface area contributed by atoms with E-state index in [1.807, 2.05) is 12.1 Å². The topological polar surface area (TPSA) is 54.5 Å². The summed E-state index contributed by atoms with van der Waals surface area (Å²) in [5, 5.41) is 2.91. The second-order valence-electron chi connectivity index (χ2n) is 6.88. The summed E-state index contributed by atoms with van der Waals surface area (Å²) in [7, 11) is 0. The Kier molecular flexibility index (Phi) is 3.84. The molecule has 0 bridgehead atoms. The van der Waals surface area contributed by atoms with E-state index in [2.05, 4.69) is 15.2 Å². The number of carbonyl (C=O) groups is 1. The molecule has 1 N–H and O–H groups in total. The highest BCUT2D eigenvalue weighted by atomic mass is 16.5. The molecule has 4 rings (SSSR count). The Hall–Kier alpha value is -1.46. The molecule has 5 heteroatoms. The van der Waals surface area contributed by atoms with Crippen molar-refractivity contribution in [1.29, 1.82) is 0 Å². The van der Waals surface area contributed by atoms with Crippen molar-refractivity contribution in [3.8, 4) is 0 Å².